The summed E-state index contributed by atoms with van der Waals surface area (Å²) in [6.07, 6.45) is 1.39. The number of unbranched alkanes of at least 4 members (excludes halogenated alkanes) is 9. The fraction of sp³-hybridized carbons (Fsp3) is 0.868. The summed E-state index contributed by atoms with van der Waals surface area (Å²) in [6, 6.07) is -2.86. The van der Waals surface area contributed by atoms with Crippen molar-refractivity contribution in [3.8, 4) is 0 Å². The molecule has 0 aromatic heterocycles. The van der Waals surface area contributed by atoms with Gasteiger partial charge in [-0.1, -0.05) is 45.4 Å². The first-order chi connectivity index (χ1) is 49.3. The van der Waals surface area contributed by atoms with Crippen molar-refractivity contribution in [1.29, 1.82) is 0 Å². The molecule has 6 amide bonds. The third-order valence-electron chi connectivity index (χ3n) is 17.5. The molecule has 3 rings (SSSR count). The van der Waals surface area contributed by atoms with Gasteiger partial charge in [0.2, 0.25) is 17.7 Å². The van der Waals surface area contributed by atoms with Crippen LogP contribution in [0.15, 0.2) is 0 Å². The lowest BCUT2D eigenvalue weighted by Crippen LogP contribution is -2.62. The van der Waals surface area contributed by atoms with Gasteiger partial charge < -0.3 is 131 Å². The number of aliphatic hydroxyl groups excluding tert-OH is 5. The molecule has 0 spiro atoms. The molecule has 35 nitrogen and oxygen atoms in total. The Hall–Kier alpha value is -5.93. The van der Waals surface area contributed by atoms with E-state index < -0.39 is 122 Å². The lowest BCUT2D eigenvalue weighted by atomic mass is 9.77. The van der Waals surface area contributed by atoms with Crippen LogP contribution in [0.25, 0.3) is 0 Å². The van der Waals surface area contributed by atoms with Gasteiger partial charge in [0.25, 0.3) is 0 Å². The molecule has 14 atom stereocenters. The first-order valence-corrected chi connectivity index (χ1v) is 36.7. The Balaban J connectivity index is 1.28. The fourth-order valence-electron chi connectivity index (χ4n) is 11.4. The molecular formula is C68H123N9O26. The number of aliphatic hydroxyl groups is 5. The summed E-state index contributed by atoms with van der Waals surface area (Å²) in [5, 5.41) is 68.3. The van der Waals surface area contributed by atoms with Crippen LogP contribution in [0.2, 0.25) is 0 Å². The van der Waals surface area contributed by atoms with Crippen molar-refractivity contribution < 1.29 is 126 Å². The van der Waals surface area contributed by atoms with Gasteiger partial charge in [-0.05, 0) is 102 Å². The van der Waals surface area contributed by atoms with Crippen LogP contribution in [0.5, 0.6) is 0 Å². The number of alkyl carbamates (subject to hydrolysis) is 3. The molecule has 0 bridgehead atoms. The quantitative estimate of drug-likeness (QED) is 0.0229. The van der Waals surface area contributed by atoms with Crippen LogP contribution in [-0.4, -0.2) is 264 Å². The Morgan fingerprint density at radius 1 is 0.369 bits per heavy atom. The van der Waals surface area contributed by atoms with Crippen LogP contribution < -0.4 is 49.1 Å². The molecule has 35 heteroatoms. The minimum atomic E-state index is -1.37. The van der Waals surface area contributed by atoms with Crippen molar-refractivity contribution in [2.75, 3.05) is 98.7 Å². The number of esters is 3. The van der Waals surface area contributed by atoms with Gasteiger partial charge in [0, 0.05) is 85.7 Å². The van der Waals surface area contributed by atoms with Gasteiger partial charge >= 0.3 is 36.2 Å². The molecule has 0 aromatic carbocycles. The number of carbonyl (C=O) groups excluding carboxylic acids is 9. The van der Waals surface area contributed by atoms with E-state index in [4.69, 9.17) is 74.0 Å². The summed E-state index contributed by atoms with van der Waals surface area (Å²) in [7, 11) is 0. The second kappa shape index (κ2) is 53.8. The Morgan fingerprint density at radius 2 is 0.670 bits per heavy atom. The number of ether oxygens (including phenoxy) is 12. The van der Waals surface area contributed by atoms with E-state index in [1.807, 2.05) is 0 Å². The third-order valence-corrected chi connectivity index (χ3v) is 17.5. The highest BCUT2D eigenvalue weighted by Gasteiger charge is 2.45. The molecule has 17 N–H and O–H groups in total. The van der Waals surface area contributed by atoms with Gasteiger partial charge in [-0.2, -0.15) is 0 Å². The highest BCUT2D eigenvalue weighted by atomic mass is 16.7. The maximum Gasteiger partial charge on any atom is 0.407 e. The van der Waals surface area contributed by atoms with Crippen molar-refractivity contribution in [3.05, 3.63) is 0 Å². The molecule has 0 aromatic rings. The summed E-state index contributed by atoms with van der Waals surface area (Å²) in [5.74, 6) is -2.06. The van der Waals surface area contributed by atoms with E-state index in [2.05, 4.69) is 38.8 Å². The third kappa shape index (κ3) is 41.5. The predicted molar refractivity (Wildman–Crippen MR) is 368 cm³/mol. The van der Waals surface area contributed by atoms with Crippen LogP contribution in [0.4, 0.5) is 14.4 Å². The van der Waals surface area contributed by atoms with Gasteiger partial charge in [-0.25, -0.2) is 14.4 Å². The van der Waals surface area contributed by atoms with Crippen molar-refractivity contribution in [2.24, 2.45) is 22.6 Å². The topological polar surface area (TPSA) is 516 Å². The first kappa shape index (κ1) is 91.3. The van der Waals surface area contributed by atoms with Gasteiger partial charge in [0.1, 0.15) is 56.4 Å². The van der Waals surface area contributed by atoms with Gasteiger partial charge in [0.05, 0.1) is 70.0 Å². The van der Waals surface area contributed by atoms with Crippen LogP contribution in [0, 0.1) is 5.41 Å². The maximum absolute atomic E-state index is 12.6. The molecule has 0 radical (unpaired) electrons. The first-order valence-electron chi connectivity index (χ1n) is 36.7. The SMILES string of the molecule is CC(=O)OCC1CC(O)C(N)C(OCCCC(=O)NCCCCCCNC(=O)OCCCC(C)(CCCOC(=O)NCCCCCCNC(=O)CCCOC2OC(COC(C)=O)C(O)C(O)C2N)CCCOC(=O)NCCCCCCNC(=O)CCCOC2OC(COC(C)=O)C(O)C(O)C2N)O1. The molecule has 3 aliphatic heterocycles. The monoisotopic (exact) mass is 1480 g/mol. The molecule has 596 valence electrons. The number of carbonyl (C=O) groups is 9. The molecule has 0 saturated carbocycles. The zero-order chi connectivity index (χ0) is 75.8. The van der Waals surface area contributed by atoms with Crippen LogP contribution in [-0.2, 0) is 85.6 Å². The largest absolute Gasteiger partial charge is 0.463 e. The van der Waals surface area contributed by atoms with Gasteiger partial charge in [0.15, 0.2) is 18.9 Å². The van der Waals surface area contributed by atoms with Crippen molar-refractivity contribution >= 4 is 53.9 Å². The number of hydrogen-bond acceptors (Lipinski definition) is 29. The summed E-state index contributed by atoms with van der Waals surface area (Å²) in [4.78, 5) is 109. The normalized spacial score (nSPS) is 24.5. The zero-order valence-electron chi connectivity index (χ0n) is 60.9. The molecule has 3 aliphatic rings. The standard InChI is InChI=1S/C68H123N9O26/c1-45(78)98-42-48-41-49(81)55(69)62(101-48)92-35-17-23-52(82)72-29-11-5-8-14-32-75-65(89)95-38-20-26-68(4,27-21-39-96-66(90)76-33-15-9-6-12-30-73-53(83)24-18-36-93-63-56(70)60(87)58(85)50(102-63)43-99-46(2)79)28-22-40-97-67(91)77-34-16-10-7-13-31-74-54(84)25-19-37-94-64-57(71)61(88)59(86)51(103-64)44-100-47(3)80/h48-51,55-64,81,85-88H,5-44,69-71H2,1-4H3,(H,72,82)(H,73,83)(H,74,84)(H,75,89)(H,76,90)(H,77,91). The van der Waals surface area contributed by atoms with E-state index in [0.717, 1.165) is 64.2 Å². The minimum absolute atomic E-state index is 0.0212. The number of nitrogens with one attached hydrogen (secondary N) is 6. The van der Waals surface area contributed by atoms with E-state index in [0.29, 0.717) is 110 Å². The summed E-state index contributed by atoms with van der Waals surface area (Å²) in [5.41, 5.74) is 17.7. The Morgan fingerprint density at radius 3 is 0.990 bits per heavy atom. The smallest absolute Gasteiger partial charge is 0.407 e. The molecular weight excluding hydrogens is 1360 g/mol. The summed E-state index contributed by atoms with van der Waals surface area (Å²) < 4.78 is 65.2. The van der Waals surface area contributed by atoms with Gasteiger partial charge in [-0.15, -0.1) is 0 Å². The lowest BCUT2D eigenvalue weighted by molar-refractivity contribution is -0.267. The lowest BCUT2D eigenvalue weighted by Gasteiger charge is -2.40. The highest BCUT2D eigenvalue weighted by molar-refractivity contribution is 5.76. The van der Waals surface area contributed by atoms with Crippen molar-refractivity contribution in [1.82, 2.24) is 31.9 Å². The second-order valence-electron chi connectivity index (χ2n) is 26.6. The zero-order valence-corrected chi connectivity index (χ0v) is 60.9. The maximum atomic E-state index is 12.6. The van der Waals surface area contributed by atoms with Crippen molar-refractivity contribution in [2.45, 2.75) is 274 Å². The Kier molecular flexibility index (Phi) is 47.7. The van der Waals surface area contributed by atoms with E-state index in [-0.39, 0.29) is 108 Å². The number of amides is 6. The Bertz CT molecular complexity index is 2320. The van der Waals surface area contributed by atoms with Crippen LogP contribution in [0.1, 0.15) is 188 Å². The van der Waals surface area contributed by atoms with Crippen LogP contribution in [0.3, 0.4) is 0 Å². The van der Waals surface area contributed by atoms with E-state index >= 15 is 0 Å². The highest BCUT2D eigenvalue weighted by Crippen LogP contribution is 2.35. The summed E-state index contributed by atoms with van der Waals surface area (Å²) >= 11 is 0. The molecule has 3 heterocycles. The van der Waals surface area contributed by atoms with Crippen molar-refractivity contribution in [3.63, 3.8) is 0 Å². The van der Waals surface area contributed by atoms with E-state index in [1.54, 1.807) is 0 Å². The molecule has 14 unspecified atom stereocenters. The van der Waals surface area contributed by atoms with E-state index in [9.17, 15) is 68.7 Å². The van der Waals surface area contributed by atoms with Crippen LogP contribution >= 0.6 is 0 Å². The number of nitrogens with two attached hydrogens (primary N) is 3. The molecule has 0 aliphatic carbocycles. The van der Waals surface area contributed by atoms with E-state index in [1.165, 1.54) is 20.8 Å². The number of rotatable bonds is 54. The average Bonchev–Trinajstić information content (AvgIpc) is 0.829. The average molecular weight is 1480 g/mol. The minimum Gasteiger partial charge on any atom is -0.463 e. The van der Waals surface area contributed by atoms with Gasteiger partial charge in [-0.3, -0.25) is 28.8 Å². The predicted octanol–water partition coefficient (Wildman–Crippen LogP) is 0.973. The second-order valence-corrected chi connectivity index (χ2v) is 26.6. The Labute approximate surface area is 604 Å². The molecule has 103 heavy (non-hydrogen) atoms. The molecule has 3 fully saturated rings. The molecule has 3 saturated heterocycles. The number of hydrogen-bond donors (Lipinski definition) is 14. The fourth-order valence-corrected chi connectivity index (χ4v) is 11.4. The summed E-state index contributed by atoms with van der Waals surface area (Å²) in [6.45, 7) is 8.84.